The average Bonchev–Trinajstić information content (AvgIpc) is 2.56. The molecule has 0 bridgehead atoms. The summed E-state index contributed by atoms with van der Waals surface area (Å²) in [6, 6.07) is 14.6. The molecule has 5 nitrogen and oxygen atoms in total. The van der Waals surface area contributed by atoms with Gasteiger partial charge in [-0.3, -0.25) is 9.59 Å². The molecule has 0 heterocycles. The van der Waals surface area contributed by atoms with Crippen molar-refractivity contribution in [3.8, 4) is 5.75 Å². The predicted octanol–water partition coefficient (Wildman–Crippen LogP) is 3.75. The summed E-state index contributed by atoms with van der Waals surface area (Å²) in [5.41, 5.74) is 2.27. The quantitative estimate of drug-likeness (QED) is 0.814. The van der Waals surface area contributed by atoms with Crippen molar-refractivity contribution in [3.63, 3.8) is 0 Å². The van der Waals surface area contributed by atoms with E-state index in [0.29, 0.717) is 23.5 Å². The average molecular weight is 326 g/mol. The summed E-state index contributed by atoms with van der Waals surface area (Å²) < 4.78 is 5.46. The lowest BCUT2D eigenvalue weighted by molar-refractivity contribution is -0.118. The maximum atomic E-state index is 12.1. The normalized spacial score (nSPS) is 10.1. The first-order chi connectivity index (χ1) is 11.6. The lowest BCUT2D eigenvalue weighted by Crippen LogP contribution is -2.21. The number of hydrogen-bond donors (Lipinski definition) is 2. The van der Waals surface area contributed by atoms with Gasteiger partial charge < -0.3 is 15.4 Å². The third kappa shape index (κ3) is 5.43. The summed E-state index contributed by atoms with van der Waals surface area (Å²) in [5.74, 6) is 0.281. The molecule has 0 radical (unpaired) electrons. The number of aryl methyl sites for hydroxylation is 1. The molecule has 0 aliphatic heterocycles. The summed E-state index contributed by atoms with van der Waals surface area (Å²) >= 11 is 0. The van der Waals surface area contributed by atoms with Crippen LogP contribution in [0.3, 0.4) is 0 Å². The van der Waals surface area contributed by atoms with Crippen LogP contribution in [0.2, 0.25) is 0 Å². The Labute approximate surface area is 142 Å². The van der Waals surface area contributed by atoms with Crippen LogP contribution in [0.1, 0.15) is 25.3 Å². The van der Waals surface area contributed by atoms with Crippen LogP contribution in [0.5, 0.6) is 5.75 Å². The van der Waals surface area contributed by atoms with Gasteiger partial charge in [-0.05, 0) is 37.6 Å². The van der Waals surface area contributed by atoms with Gasteiger partial charge in [0.25, 0.3) is 5.91 Å². The molecule has 126 valence electrons. The fraction of sp³-hybridized carbons (Fsp3) is 0.263. The van der Waals surface area contributed by atoms with Crippen molar-refractivity contribution in [1.29, 1.82) is 0 Å². The fourth-order valence-electron chi connectivity index (χ4n) is 2.11. The highest BCUT2D eigenvalue weighted by Gasteiger charge is 2.09. The highest BCUT2D eigenvalue weighted by atomic mass is 16.5. The smallest absolute Gasteiger partial charge is 0.262 e. The fourth-order valence-corrected chi connectivity index (χ4v) is 2.11. The van der Waals surface area contributed by atoms with Gasteiger partial charge in [-0.25, -0.2) is 0 Å². The van der Waals surface area contributed by atoms with E-state index in [0.717, 1.165) is 12.0 Å². The Bertz CT molecular complexity index is 696. The van der Waals surface area contributed by atoms with E-state index in [2.05, 4.69) is 10.6 Å². The van der Waals surface area contributed by atoms with E-state index in [-0.39, 0.29) is 18.4 Å². The number of hydrogen-bond acceptors (Lipinski definition) is 3. The van der Waals surface area contributed by atoms with Crippen molar-refractivity contribution in [1.82, 2.24) is 0 Å². The molecular weight excluding hydrogens is 304 g/mol. The minimum Gasteiger partial charge on any atom is -0.484 e. The molecule has 0 aliphatic rings. The van der Waals surface area contributed by atoms with Crippen LogP contribution in [-0.2, 0) is 9.59 Å². The van der Waals surface area contributed by atoms with Gasteiger partial charge in [0.2, 0.25) is 5.91 Å². The SMILES string of the molecule is CCCC(=O)Nc1ccccc1NC(=O)COc1ccc(C)cc1. The standard InChI is InChI=1S/C19H22N2O3/c1-3-6-18(22)20-16-7-4-5-8-17(16)21-19(23)13-24-15-11-9-14(2)10-12-15/h4-5,7-12H,3,6,13H2,1-2H3,(H,20,22)(H,21,23). The lowest BCUT2D eigenvalue weighted by atomic mass is 10.2. The van der Waals surface area contributed by atoms with Gasteiger partial charge in [-0.2, -0.15) is 0 Å². The molecular formula is C19H22N2O3. The highest BCUT2D eigenvalue weighted by molar-refractivity contribution is 5.99. The third-order valence-electron chi connectivity index (χ3n) is 3.34. The number of carbonyl (C=O) groups is 2. The molecule has 5 heteroatoms. The van der Waals surface area contributed by atoms with E-state index in [1.807, 2.05) is 38.1 Å². The Morgan fingerprint density at radius 1 is 0.917 bits per heavy atom. The summed E-state index contributed by atoms with van der Waals surface area (Å²) in [5, 5.41) is 5.56. The molecule has 0 atom stereocenters. The molecule has 0 spiro atoms. The van der Waals surface area contributed by atoms with E-state index in [4.69, 9.17) is 4.74 Å². The molecule has 2 rings (SSSR count). The van der Waals surface area contributed by atoms with Crippen LogP contribution < -0.4 is 15.4 Å². The van der Waals surface area contributed by atoms with Gasteiger partial charge >= 0.3 is 0 Å². The van der Waals surface area contributed by atoms with Crippen molar-refractivity contribution in [2.75, 3.05) is 17.2 Å². The molecule has 0 saturated carbocycles. The van der Waals surface area contributed by atoms with Crippen LogP contribution in [0.15, 0.2) is 48.5 Å². The van der Waals surface area contributed by atoms with Crippen LogP contribution in [0, 0.1) is 6.92 Å². The van der Waals surface area contributed by atoms with E-state index in [1.165, 1.54) is 0 Å². The number of amides is 2. The van der Waals surface area contributed by atoms with E-state index in [9.17, 15) is 9.59 Å². The second-order valence-electron chi connectivity index (χ2n) is 5.49. The van der Waals surface area contributed by atoms with Crippen LogP contribution in [0.4, 0.5) is 11.4 Å². The van der Waals surface area contributed by atoms with Gasteiger partial charge in [0, 0.05) is 6.42 Å². The number of rotatable bonds is 7. The molecule has 0 fully saturated rings. The number of anilines is 2. The van der Waals surface area contributed by atoms with Gasteiger partial charge in [-0.15, -0.1) is 0 Å². The summed E-state index contributed by atoms with van der Waals surface area (Å²) in [6.07, 6.45) is 1.21. The maximum absolute atomic E-state index is 12.1. The Morgan fingerprint density at radius 2 is 1.50 bits per heavy atom. The molecule has 24 heavy (non-hydrogen) atoms. The zero-order valence-corrected chi connectivity index (χ0v) is 14.0. The molecule has 2 aromatic rings. The number of benzene rings is 2. The van der Waals surface area contributed by atoms with Gasteiger partial charge in [0.05, 0.1) is 11.4 Å². The Kier molecular flexibility index (Phi) is 6.37. The first kappa shape index (κ1) is 17.5. The predicted molar refractivity (Wildman–Crippen MR) is 95.3 cm³/mol. The zero-order valence-electron chi connectivity index (χ0n) is 14.0. The van der Waals surface area contributed by atoms with E-state index < -0.39 is 0 Å². The monoisotopic (exact) mass is 326 g/mol. The van der Waals surface area contributed by atoms with E-state index in [1.54, 1.807) is 24.3 Å². The van der Waals surface area contributed by atoms with Gasteiger partial charge in [0.1, 0.15) is 5.75 Å². The lowest BCUT2D eigenvalue weighted by Gasteiger charge is -2.12. The van der Waals surface area contributed by atoms with Crippen molar-refractivity contribution in [3.05, 3.63) is 54.1 Å². The van der Waals surface area contributed by atoms with Crippen LogP contribution >= 0.6 is 0 Å². The van der Waals surface area contributed by atoms with Gasteiger partial charge in [-0.1, -0.05) is 36.8 Å². The van der Waals surface area contributed by atoms with Crippen molar-refractivity contribution >= 4 is 23.2 Å². The maximum Gasteiger partial charge on any atom is 0.262 e. The first-order valence-corrected chi connectivity index (χ1v) is 7.96. The molecule has 0 aromatic heterocycles. The molecule has 0 aliphatic carbocycles. The molecule has 2 amide bonds. The highest BCUT2D eigenvalue weighted by Crippen LogP contribution is 2.21. The molecule has 2 aromatic carbocycles. The Hall–Kier alpha value is -2.82. The summed E-state index contributed by atoms with van der Waals surface area (Å²) in [6.45, 7) is 3.83. The molecule has 0 unspecified atom stereocenters. The summed E-state index contributed by atoms with van der Waals surface area (Å²) in [7, 11) is 0. The Morgan fingerprint density at radius 3 is 2.08 bits per heavy atom. The van der Waals surface area contributed by atoms with Gasteiger partial charge in [0.15, 0.2) is 6.61 Å². The number of ether oxygens (including phenoxy) is 1. The van der Waals surface area contributed by atoms with Crippen LogP contribution in [0.25, 0.3) is 0 Å². The summed E-state index contributed by atoms with van der Waals surface area (Å²) in [4.78, 5) is 23.8. The second kappa shape index (κ2) is 8.72. The second-order valence-corrected chi connectivity index (χ2v) is 5.49. The zero-order chi connectivity index (χ0) is 17.4. The number of carbonyl (C=O) groups excluding carboxylic acids is 2. The minimum atomic E-state index is -0.284. The van der Waals surface area contributed by atoms with Crippen molar-refractivity contribution < 1.29 is 14.3 Å². The molecule has 2 N–H and O–H groups in total. The topological polar surface area (TPSA) is 67.4 Å². The van der Waals surface area contributed by atoms with Crippen LogP contribution in [-0.4, -0.2) is 18.4 Å². The number of para-hydroxylation sites is 2. The first-order valence-electron chi connectivity index (χ1n) is 7.96. The minimum absolute atomic E-state index is 0.0740. The Balaban J connectivity index is 1.93. The van der Waals surface area contributed by atoms with Crippen molar-refractivity contribution in [2.45, 2.75) is 26.7 Å². The largest absolute Gasteiger partial charge is 0.484 e. The molecule has 0 saturated heterocycles. The third-order valence-corrected chi connectivity index (χ3v) is 3.34. The van der Waals surface area contributed by atoms with E-state index >= 15 is 0 Å². The number of nitrogens with one attached hydrogen (secondary N) is 2. The van der Waals surface area contributed by atoms with Crippen molar-refractivity contribution in [2.24, 2.45) is 0 Å².